The second-order valence-electron chi connectivity index (χ2n) is 6.56. The van der Waals surface area contributed by atoms with E-state index in [4.69, 9.17) is 5.73 Å². The highest BCUT2D eigenvalue weighted by Gasteiger charge is 2.21. The van der Waals surface area contributed by atoms with E-state index in [-0.39, 0.29) is 5.69 Å². The lowest BCUT2D eigenvalue weighted by molar-refractivity contribution is 0.0997. The van der Waals surface area contributed by atoms with Crippen molar-refractivity contribution in [1.82, 2.24) is 9.97 Å². The summed E-state index contributed by atoms with van der Waals surface area (Å²) in [6, 6.07) is 5.56. The number of aromatic nitrogens is 2. The highest BCUT2D eigenvalue weighted by molar-refractivity contribution is 7.89. The van der Waals surface area contributed by atoms with Gasteiger partial charge in [-0.2, -0.15) is 0 Å². The van der Waals surface area contributed by atoms with Gasteiger partial charge in [-0.3, -0.25) is 4.79 Å². The number of rotatable bonds is 5. The summed E-state index contributed by atoms with van der Waals surface area (Å²) in [6.45, 7) is 5.04. The molecule has 0 spiro atoms. The van der Waals surface area contributed by atoms with E-state index in [0.29, 0.717) is 10.8 Å². The molecule has 11 heteroatoms. The summed E-state index contributed by atoms with van der Waals surface area (Å²) >= 11 is 1.45. The summed E-state index contributed by atoms with van der Waals surface area (Å²) < 4.78 is 20.2. The topological polar surface area (TPSA) is 144 Å². The van der Waals surface area contributed by atoms with Gasteiger partial charge in [0, 0.05) is 19.3 Å². The maximum atomic E-state index is 11.6. The summed E-state index contributed by atoms with van der Waals surface area (Å²) in [5.41, 5.74) is 5.72. The van der Waals surface area contributed by atoms with Gasteiger partial charge in [0.05, 0.1) is 5.25 Å². The molecule has 28 heavy (non-hydrogen) atoms. The lowest BCUT2D eigenvalue weighted by atomic mass is 10.1. The van der Waals surface area contributed by atoms with Gasteiger partial charge in [0.15, 0.2) is 10.8 Å². The van der Waals surface area contributed by atoms with Crippen LogP contribution in [0, 0.1) is 0 Å². The number of anilines is 3. The van der Waals surface area contributed by atoms with E-state index in [2.05, 4.69) is 25.3 Å². The third-order valence-electron chi connectivity index (χ3n) is 4.04. The summed E-state index contributed by atoms with van der Waals surface area (Å²) in [7, 11) is -3.24. The van der Waals surface area contributed by atoms with Crippen LogP contribution in [0.3, 0.4) is 0 Å². The minimum Gasteiger partial charge on any atom is -0.364 e. The average Bonchev–Trinajstić information content (AvgIpc) is 3.07. The molecule has 9 nitrogen and oxygen atoms in total. The number of hydrogen-bond acceptors (Lipinski definition) is 8. The van der Waals surface area contributed by atoms with E-state index in [9.17, 15) is 13.2 Å². The van der Waals surface area contributed by atoms with Crippen molar-refractivity contribution >= 4 is 43.2 Å². The Morgan fingerprint density at radius 3 is 2.39 bits per heavy atom. The maximum Gasteiger partial charge on any atom is 0.270 e. The largest absolute Gasteiger partial charge is 0.364 e. The minimum atomic E-state index is -3.24. The average molecular weight is 427 g/mol. The Labute approximate surface area is 169 Å². The Morgan fingerprint density at radius 1 is 1.25 bits per heavy atom. The third-order valence-corrected chi connectivity index (χ3v) is 6.39. The van der Waals surface area contributed by atoms with Crippen LogP contribution >= 0.6 is 11.3 Å². The van der Waals surface area contributed by atoms with Gasteiger partial charge in [-0.25, -0.2) is 23.5 Å². The Balaban J connectivity index is 0.000000345. The molecule has 1 fully saturated rings. The lowest BCUT2D eigenvalue weighted by Gasteiger charge is -2.25. The molecule has 0 aliphatic carbocycles. The van der Waals surface area contributed by atoms with Gasteiger partial charge in [0.2, 0.25) is 10.0 Å². The minimum absolute atomic E-state index is 0.284. The van der Waals surface area contributed by atoms with E-state index < -0.39 is 21.2 Å². The fourth-order valence-corrected chi connectivity index (χ4v) is 3.36. The van der Waals surface area contributed by atoms with Crippen molar-refractivity contribution in [3.05, 3.63) is 30.1 Å². The fraction of sp³-hybridized carbons (Fsp3) is 0.471. The van der Waals surface area contributed by atoms with Gasteiger partial charge in [-0.1, -0.05) is 17.4 Å². The molecule has 0 atom stereocenters. The number of amides is 1. The number of hydrogen-bond donors (Lipinski definition) is 3. The van der Waals surface area contributed by atoms with Crippen molar-refractivity contribution in [2.45, 2.75) is 38.4 Å². The molecular weight excluding hydrogens is 400 g/mol. The first-order valence-electron chi connectivity index (χ1n) is 8.93. The fourth-order valence-electron chi connectivity index (χ4n) is 2.33. The van der Waals surface area contributed by atoms with E-state index in [1.54, 1.807) is 6.20 Å². The number of sulfonamides is 1. The van der Waals surface area contributed by atoms with Crippen LogP contribution in [0.2, 0.25) is 0 Å². The molecule has 0 bridgehead atoms. The van der Waals surface area contributed by atoms with E-state index in [1.807, 2.05) is 18.2 Å². The number of pyridine rings is 1. The maximum absolute atomic E-state index is 11.6. The second kappa shape index (κ2) is 9.80. The smallest absolute Gasteiger partial charge is 0.270 e. The van der Waals surface area contributed by atoms with E-state index in [0.717, 1.165) is 31.1 Å². The molecule has 5 N–H and O–H groups in total. The lowest BCUT2D eigenvalue weighted by Crippen LogP contribution is -2.29. The van der Waals surface area contributed by atoms with Crippen LogP contribution in [0.15, 0.2) is 24.4 Å². The van der Waals surface area contributed by atoms with Gasteiger partial charge in [-0.05, 0) is 45.2 Å². The molecule has 154 valence electrons. The van der Waals surface area contributed by atoms with Crippen LogP contribution < -0.4 is 21.1 Å². The zero-order chi connectivity index (χ0) is 20.7. The summed E-state index contributed by atoms with van der Waals surface area (Å²) in [4.78, 5) is 22.4. The second-order valence-corrected chi connectivity index (χ2v) is 9.66. The SMILES string of the molecule is CC(C)S(N)(=O)=O.NC(=O)c1nc(N2CCCCC2)sc1Nc1ccccn1. The van der Waals surface area contributed by atoms with Crippen LogP contribution in [-0.4, -0.2) is 42.6 Å². The van der Waals surface area contributed by atoms with Crippen LogP contribution in [0.4, 0.5) is 16.0 Å². The van der Waals surface area contributed by atoms with Gasteiger partial charge >= 0.3 is 0 Å². The van der Waals surface area contributed by atoms with Crippen molar-refractivity contribution < 1.29 is 13.2 Å². The number of carbonyl (C=O) groups excluding carboxylic acids is 1. The van der Waals surface area contributed by atoms with Crippen molar-refractivity contribution in [2.24, 2.45) is 10.9 Å². The molecule has 1 saturated heterocycles. The highest BCUT2D eigenvalue weighted by Crippen LogP contribution is 2.33. The van der Waals surface area contributed by atoms with E-state index in [1.165, 1.54) is 31.6 Å². The first-order chi connectivity index (χ1) is 13.2. The Hall–Kier alpha value is -2.24. The van der Waals surface area contributed by atoms with Crippen molar-refractivity contribution in [2.75, 3.05) is 23.3 Å². The van der Waals surface area contributed by atoms with Crippen molar-refractivity contribution in [3.8, 4) is 0 Å². The van der Waals surface area contributed by atoms with Crippen LogP contribution in [-0.2, 0) is 10.0 Å². The Bertz CT molecular complexity index is 878. The summed E-state index contributed by atoms with van der Waals surface area (Å²) in [5, 5.41) is 8.83. The molecule has 3 heterocycles. The molecule has 3 rings (SSSR count). The monoisotopic (exact) mass is 426 g/mol. The number of carbonyl (C=O) groups is 1. The predicted molar refractivity (Wildman–Crippen MR) is 112 cm³/mol. The van der Waals surface area contributed by atoms with E-state index >= 15 is 0 Å². The molecule has 0 saturated carbocycles. The summed E-state index contributed by atoms with van der Waals surface area (Å²) in [6.07, 6.45) is 5.27. The van der Waals surface area contributed by atoms with Gasteiger partial charge in [0.25, 0.3) is 5.91 Å². The number of nitrogens with one attached hydrogen (secondary N) is 1. The van der Waals surface area contributed by atoms with Crippen molar-refractivity contribution in [1.29, 1.82) is 0 Å². The first kappa shape index (κ1) is 22.1. The highest BCUT2D eigenvalue weighted by atomic mass is 32.2. The van der Waals surface area contributed by atoms with Crippen molar-refractivity contribution in [3.63, 3.8) is 0 Å². The quantitative estimate of drug-likeness (QED) is 0.663. The molecule has 1 aliphatic rings. The number of primary amides is 1. The number of thiazole rings is 1. The van der Waals surface area contributed by atoms with Crippen LogP contribution in [0.5, 0.6) is 0 Å². The standard InChI is InChI=1S/C14H17N5OS.C3H9NO2S/c15-12(20)11-13(17-10-6-2-3-7-16-10)21-14(18-11)19-8-4-1-5-9-19;1-3(2)7(4,5)6/h2-3,6-7H,1,4-5,8-9H2,(H2,15,20)(H,16,17);3H,1-2H3,(H2,4,5,6). The molecule has 2 aromatic heterocycles. The molecule has 0 radical (unpaired) electrons. The predicted octanol–water partition coefficient (Wildman–Crippen LogP) is 2.05. The molecule has 0 unspecified atom stereocenters. The first-order valence-corrected chi connectivity index (χ1v) is 11.4. The zero-order valence-corrected chi connectivity index (χ0v) is 17.6. The molecule has 2 aromatic rings. The molecule has 1 amide bonds. The number of primary sulfonamides is 1. The zero-order valence-electron chi connectivity index (χ0n) is 16.0. The normalized spacial score (nSPS) is 14.4. The van der Waals surface area contributed by atoms with Gasteiger partial charge in [0.1, 0.15) is 10.8 Å². The summed E-state index contributed by atoms with van der Waals surface area (Å²) in [5.74, 6) is 0.154. The third kappa shape index (κ3) is 6.43. The Morgan fingerprint density at radius 2 is 1.89 bits per heavy atom. The van der Waals surface area contributed by atoms with Gasteiger partial charge in [-0.15, -0.1) is 0 Å². The van der Waals surface area contributed by atoms with Crippen LogP contribution in [0.1, 0.15) is 43.6 Å². The number of nitrogens with zero attached hydrogens (tertiary/aromatic N) is 3. The Kier molecular flexibility index (Phi) is 7.72. The molecule has 0 aromatic carbocycles. The molecular formula is C17H26N6O3S2. The molecule has 1 aliphatic heterocycles. The number of piperidine rings is 1. The van der Waals surface area contributed by atoms with Crippen LogP contribution in [0.25, 0.3) is 0 Å². The number of nitrogens with two attached hydrogens (primary N) is 2. The van der Waals surface area contributed by atoms with Gasteiger partial charge < -0.3 is 16.0 Å².